The molecular formula is C17H11N3O2. The number of nitrogens with zero attached hydrogens (tertiary/aromatic N) is 2. The van der Waals surface area contributed by atoms with Gasteiger partial charge in [0.05, 0.1) is 35.0 Å². The second-order valence-electron chi connectivity index (χ2n) is 5.01. The van der Waals surface area contributed by atoms with Gasteiger partial charge in [-0.3, -0.25) is 9.59 Å². The molecule has 2 heterocycles. The Labute approximate surface area is 126 Å². The van der Waals surface area contributed by atoms with Crippen LogP contribution in [0.25, 0.3) is 11.3 Å². The van der Waals surface area contributed by atoms with Crippen LogP contribution >= 0.6 is 0 Å². The fourth-order valence-corrected chi connectivity index (χ4v) is 2.65. The van der Waals surface area contributed by atoms with Crippen molar-refractivity contribution in [1.29, 1.82) is 0 Å². The van der Waals surface area contributed by atoms with E-state index in [1.54, 1.807) is 48.9 Å². The number of aromatic nitrogens is 2. The molecule has 3 aromatic rings. The average molecular weight is 289 g/mol. The lowest BCUT2D eigenvalue weighted by Crippen LogP contribution is -2.29. The summed E-state index contributed by atoms with van der Waals surface area (Å²) in [6.45, 7) is 0. The summed E-state index contributed by atoms with van der Waals surface area (Å²) >= 11 is 0. The molecule has 5 nitrogen and oxygen atoms in total. The average Bonchev–Trinajstić information content (AvgIpc) is 3.17. The Bertz CT molecular complexity index is 849. The fourth-order valence-electron chi connectivity index (χ4n) is 2.65. The lowest BCUT2D eigenvalue weighted by Gasteiger charge is -2.14. The van der Waals surface area contributed by atoms with Gasteiger partial charge in [0.15, 0.2) is 0 Å². The third kappa shape index (κ3) is 1.76. The molecule has 0 unspecified atom stereocenters. The molecule has 0 fully saturated rings. The summed E-state index contributed by atoms with van der Waals surface area (Å²) < 4.78 is 0. The van der Waals surface area contributed by atoms with Crippen molar-refractivity contribution in [3.8, 4) is 11.3 Å². The van der Waals surface area contributed by atoms with Crippen LogP contribution in [-0.4, -0.2) is 21.8 Å². The van der Waals surface area contributed by atoms with Crippen molar-refractivity contribution in [3.05, 3.63) is 72.2 Å². The van der Waals surface area contributed by atoms with Gasteiger partial charge in [-0.05, 0) is 24.3 Å². The molecule has 2 amide bonds. The fraction of sp³-hybridized carbons (Fsp3) is 0. The van der Waals surface area contributed by atoms with Crippen molar-refractivity contribution in [2.24, 2.45) is 0 Å². The van der Waals surface area contributed by atoms with Crippen LogP contribution in [-0.2, 0) is 0 Å². The SMILES string of the molecule is O=C1c2ccccc2C(=O)N1c1cccc(-c2cnc[nH]2)c1. The molecule has 0 atom stereocenters. The van der Waals surface area contributed by atoms with Gasteiger partial charge in [-0.15, -0.1) is 0 Å². The first-order chi connectivity index (χ1) is 10.8. The highest BCUT2D eigenvalue weighted by atomic mass is 16.2. The number of rotatable bonds is 2. The number of hydrogen-bond donors (Lipinski definition) is 1. The zero-order valence-corrected chi connectivity index (χ0v) is 11.5. The molecule has 5 heteroatoms. The number of fused-ring (bicyclic) bond motifs is 1. The lowest BCUT2D eigenvalue weighted by molar-refractivity contribution is 0.0926. The first-order valence-electron chi connectivity index (χ1n) is 6.82. The Balaban J connectivity index is 1.79. The topological polar surface area (TPSA) is 66.1 Å². The van der Waals surface area contributed by atoms with Gasteiger partial charge in [-0.25, -0.2) is 9.88 Å². The Morgan fingerprint density at radius 1 is 0.909 bits per heavy atom. The molecule has 106 valence electrons. The molecule has 1 aliphatic heterocycles. The summed E-state index contributed by atoms with van der Waals surface area (Å²) in [6, 6.07) is 14.1. The van der Waals surface area contributed by atoms with Gasteiger partial charge in [-0.1, -0.05) is 24.3 Å². The molecule has 0 radical (unpaired) electrons. The van der Waals surface area contributed by atoms with E-state index in [0.29, 0.717) is 16.8 Å². The number of aromatic amines is 1. The molecule has 0 saturated heterocycles. The van der Waals surface area contributed by atoms with Crippen molar-refractivity contribution >= 4 is 17.5 Å². The predicted octanol–water partition coefficient (Wildman–Crippen LogP) is 2.88. The highest BCUT2D eigenvalue weighted by Gasteiger charge is 2.36. The van der Waals surface area contributed by atoms with Crippen LogP contribution in [0.5, 0.6) is 0 Å². The second kappa shape index (κ2) is 4.66. The highest BCUT2D eigenvalue weighted by molar-refractivity contribution is 6.34. The second-order valence-corrected chi connectivity index (χ2v) is 5.01. The third-order valence-electron chi connectivity index (χ3n) is 3.71. The maximum atomic E-state index is 12.5. The quantitative estimate of drug-likeness (QED) is 0.738. The largest absolute Gasteiger partial charge is 0.345 e. The van der Waals surface area contributed by atoms with E-state index in [1.807, 2.05) is 12.1 Å². The Morgan fingerprint density at radius 3 is 2.27 bits per heavy atom. The number of hydrogen-bond acceptors (Lipinski definition) is 3. The first kappa shape index (κ1) is 12.5. The summed E-state index contributed by atoms with van der Waals surface area (Å²) in [6.07, 6.45) is 3.28. The van der Waals surface area contributed by atoms with E-state index in [4.69, 9.17) is 0 Å². The van der Waals surface area contributed by atoms with E-state index in [9.17, 15) is 9.59 Å². The molecule has 0 bridgehead atoms. The lowest BCUT2D eigenvalue weighted by atomic mass is 10.1. The monoisotopic (exact) mass is 289 g/mol. The molecule has 1 aliphatic rings. The van der Waals surface area contributed by atoms with Crippen molar-refractivity contribution in [2.75, 3.05) is 4.90 Å². The van der Waals surface area contributed by atoms with Gasteiger partial charge in [0, 0.05) is 5.56 Å². The van der Waals surface area contributed by atoms with E-state index in [0.717, 1.165) is 11.3 Å². The molecule has 2 aromatic carbocycles. The number of imidazole rings is 1. The van der Waals surface area contributed by atoms with Gasteiger partial charge < -0.3 is 4.98 Å². The van der Waals surface area contributed by atoms with Crippen LogP contribution in [0.4, 0.5) is 5.69 Å². The van der Waals surface area contributed by atoms with Crippen molar-refractivity contribution in [1.82, 2.24) is 9.97 Å². The number of H-pyrrole nitrogens is 1. The summed E-state index contributed by atoms with van der Waals surface area (Å²) in [4.78, 5) is 33.2. The third-order valence-corrected chi connectivity index (χ3v) is 3.71. The molecule has 0 saturated carbocycles. The Kier molecular flexibility index (Phi) is 2.66. The smallest absolute Gasteiger partial charge is 0.266 e. The van der Waals surface area contributed by atoms with E-state index >= 15 is 0 Å². The van der Waals surface area contributed by atoms with E-state index in [2.05, 4.69) is 9.97 Å². The number of benzene rings is 2. The van der Waals surface area contributed by atoms with Crippen molar-refractivity contribution < 1.29 is 9.59 Å². The van der Waals surface area contributed by atoms with Crippen LogP contribution < -0.4 is 4.90 Å². The number of carbonyl (C=O) groups excluding carboxylic acids is 2. The summed E-state index contributed by atoms with van der Waals surface area (Å²) in [5.41, 5.74) is 3.14. The van der Waals surface area contributed by atoms with Crippen molar-refractivity contribution in [2.45, 2.75) is 0 Å². The zero-order valence-electron chi connectivity index (χ0n) is 11.5. The van der Waals surface area contributed by atoms with Crippen LogP contribution in [0.15, 0.2) is 61.1 Å². The first-order valence-corrected chi connectivity index (χ1v) is 6.82. The standard InChI is InChI=1S/C17H11N3O2/c21-16-13-6-1-2-7-14(13)17(22)20(16)12-5-3-4-11(8-12)15-9-18-10-19-15/h1-10H,(H,18,19). The van der Waals surface area contributed by atoms with Crippen LogP contribution in [0.3, 0.4) is 0 Å². The molecule has 4 rings (SSSR count). The maximum Gasteiger partial charge on any atom is 0.266 e. The van der Waals surface area contributed by atoms with E-state index in [-0.39, 0.29) is 11.8 Å². The van der Waals surface area contributed by atoms with Crippen LogP contribution in [0.2, 0.25) is 0 Å². The minimum atomic E-state index is -0.289. The number of imide groups is 1. The Morgan fingerprint density at radius 2 is 1.64 bits per heavy atom. The minimum Gasteiger partial charge on any atom is -0.345 e. The molecule has 1 N–H and O–H groups in total. The minimum absolute atomic E-state index is 0.289. The Hall–Kier alpha value is -3.21. The van der Waals surface area contributed by atoms with Crippen molar-refractivity contribution in [3.63, 3.8) is 0 Å². The predicted molar refractivity (Wildman–Crippen MR) is 81.6 cm³/mol. The van der Waals surface area contributed by atoms with Crippen LogP contribution in [0.1, 0.15) is 20.7 Å². The number of nitrogens with one attached hydrogen (secondary N) is 1. The van der Waals surface area contributed by atoms with Gasteiger partial charge in [0.25, 0.3) is 11.8 Å². The normalized spacial score (nSPS) is 13.5. The molecular weight excluding hydrogens is 278 g/mol. The van der Waals surface area contributed by atoms with E-state index < -0.39 is 0 Å². The number of carbonyl (C=O) groups is 2. The number of anilines is 1. The summed E-state index contributed by atoms with van der Waals surface area (Å²) in [7, 11) is 0. The molecule has 0 aliphatic carbocycles. The number of amides is 2. The van der Waals surface area contributed by atoms with Gasteiger partial charge in [0.2, 0.25) is 0 Å². The maximum absolute atomic E-state index is 12.5. The molecule has 1 aromatic heterocycles. The van der Waals surface area contributed by atoms with Gasteiger partial charge in [-0.2, -0.15) is 0 Å². The summed E-state index contributed by atoms with van der Waals surface area (Å²) in [5.74, 6) is -0.579. The van der Waals surface area contributed by atoms with E-state index in [1.165, 1.54) is 4.90 Å². The van der Waals surface area contributed by atoms with Gasteiger partial charge in [0.1, 0.15) is 0 Å². The van der Waals surface area contributed by atoms with Crippen LogP contribution in [0, 0.1) is 0 Å². The van der Waals surface area contributed by atoms with Gasteiger partial charge >= 0.3 is 0 Å². The molecule has 22 heavy (non-hydrogen) atoms. The summed E-state index contributed by atoms with van der Waals surface area (Å²) in [5, 5.41) is 0. The molecule has 0 spiro atoms. The highest BCUT2D eigenvalue weighted by Crippen LogP contribution is 2.30. The zero-order chi connectivity index (χ0) is 15.1.